The van der Waals surface area contributed by atoms with Crippen LogP contribution in [-0.4, -0.2) is 15.9 Å². The largest absolute Gasteiger partial charge is 0.512 e. The second-order valence-corrected chi connectivity index (χ2v) is 17.4. The molecule has 1 fully saturated rings. The molecule has 4 heteroatoms. The van der Waals surface area contributed by atoms with Gasteiger partial charge in [-0.15, -0.1) is 29.1 Å². The van der Waals surface area contributed by atoms with Crippen molar-refractivity contribution in [3.05, 3.63) is 88.7 Å². The number of benzene rings is 3. The van der Waals surface area contributed by atoms with Crippen LogP contribution >= 0.6 is 0 Å². The van der Waals surface area contributed by atoms with Gasteiger partial charge in [0.25, 0.3) is 0 Å². The first-order valence-corrected chi connectivity index (χ1v) is 17.5. The average molecular weight is 825 g/mol. The van der Waals surface area contributed by atoms with Crippen molar-refractivity contribution in [3.8, 4) is 11.3 Å². The Hall–Kier alpha value is -2.81. The predicted molar refractivity (Wildman–Crippen MR) is 201 cm³/mol. The summed E-state index contributed by atoms with van der Waals surface area (Å²) < 4.78 is 0. The van der Waals surface area contributed by atoms with Gasteiger partial charge >= 0.3 is 0 Å². The monoisotopic (exact) mass is 825 g/mol. The molecular weight excluding hydrogens is 767 g/mol. The molecule has 261 valence electrons. The Kier molecular flexibility index (Phi) is 12.4. The van der Waals surface area contributed by atoms with Gasteiger partial charge in [-0.05, 0) is 78.0 Å². The van der Waals surface area contributed by atoms with Gasteiger partial charge in [0.05, 0.1) is 11.3 Å². The van der Waals surface area contributed by atoms with Crippen molar-refractivity contribution in [1.82, 2.24) is 4.98 Å². The van der Waals surface area contributed by atoms with Crippen molar-refractivity contribution < 1.29 is 30.0 Å². The van der Waals surface area contributed by atoms with Crippen LogP contribution < -0.4 is 0 Å². The minimum atomic E-state index is -0.0316. The summed E-state index contributed by atoms with van der Waals surface area (Å²) in [5.41, 5.74) is 9.44. The van der Waals surface area contributed by atoms with Crippen LogP contribution in [0, 0.1) is 42.6 Å². The van der Waals surface area contributed by atoms with Crippen molar-refractivity contribution >= 4 is 27.5 Å². The molecule has 0 atom stereocenters. The second-order valence-electron chi connectivity index (χ2n) is 17.4. The van der Waals surface area contributed by atoms with Crippen LogP contribution in [0.2, 0.25) is 0 Å². The molecular formula is C44H58IrNO2-. The topological polar surface area (TPSA) is 50.2 Å². The SMILES string of the molecule is CC(C)C(=O)/C=C(\O)C(C)C.Cc1cc(C)c2c(C3CC(C)(C)CC(C)(C)C3)cc(-c3[c-]c4ccccc4c(C(C)(C)C)c3)nc2c1.[Ir]. The number of pyridine rings is 1. The molecule has 1 radical (unpaired) electrons. The van der Waals surface area contributed by atoms with Gasteiger partial charge in [0.1, 0.15) is 0 Å². The van der Waals surface area contributed by atoms with Gasteiger partial charge in [0, 0.05) is 49.1 Å². The van der Waals surface area contributed by atoms with Gasteiger partial charge in [0.15, 0.2) is 5.78 Å². The van der Waals surface area contributed by atoms with E-state index in [4.69, 9.17) is 4.98 Å². The van der Waals surface area contributed by atoms with E-state index < -0.39 is 0 Å². The molecule has 1 saturated carbocycles. The summed E-state index contributed by atoms with van der Waals surface area (Å²) in [4.78, 5) is 16.3. The van der Waals surface area contributed by atoms with E-state index in [-0.39, 0.29) is 48.9 Å². The minimum Gasteiger partial charge on any atom is -0.512 e. The Bertz CT molecular complexity index is 1790. The van der Waals surface area contributed by atoms with E-state index in [1.807, 2.05) is 27.7 Å². The first kappa shape index (κ1) is 39.6. The first-order valence-electron chi connectivity index (χ1n) is 17.5. The van der Waals surface area contributed by atoms with Crippen molar-refractivity contribution in [1.29, 1.82) is 0 Å². The summed E-state index contributed by atoms with van der Waals surface area (Å²) in [6.45, 7) is 28.5. The molecule has 0 spiro atoms. The number of aryl methyl sites for hydroxylation is 2. The van der Waals surface area contributed by atoms with Crippen LogP contribution in [0.5, 0.6) is 0 Å². The predicted octanol–water partition coefficient (Wildman–Crippen LogP) is 12.4. The molecule has 3 nitrogen and oxygen atoms in total. The molecule has 48 heavy (non-hydrogen) atoms. The third-order valence-electron chi connectivity index (χ3n) is 9.59. The molecule has 1 aromatic heterocycles. The first-order chi connectivity index (χ1) is 21.7. The normalized spacial score (nSPS) is 16.5. The number of aromatic nitrogens is 1. The molecule has 0 amide bonds. The van der Waals surface area contributed by atoms with E-state index >= 15 is 0 Å². The summed E-state index contributed by atoms with van der Waals surface area (Å²) in [7, 11) is 0. The zero-order valence-corrected chi connectivity index (χ0v) is 34.1. The fourth-order valence-electron chi connectivity index (χ4n) is 7.78. The van der Waals surface area contributed by atoms with Crippen LogP contribution in [0.4, 0.5) is 0 Å². The summed E-state index contributed by atoms with van der Waals surface area (Å²) in [6.07, 6.45) is 5.03. The molecule has 1 aliphatic carbocycles. The molecule has 5 rings (SSSR count). The van der Waals surface area contributed by atoms with Gasteiger partial charge in [-0.3, -0.25) is 9.78 Å². The molecule has 0 unspecified atom stereocenters. The molecule has 0 saturated heterocycles. The maximum Gasteiger partial charge on any atom is 0.161 e. The number of hydrogen-bond acceptors (Lipinski definition) is 3. The number of aliphatic hydroxyl groups is 1. The van der Waals surface area contributed by atoms with Crippen LogP contribution in [0.15, 0.2) is 60.4 Å². The molecule has 1 N–H and O–H groups in total. The third-order valence-corrected chi connectivity index (χ3v) is 9.59. The van der Waals surface area contributed by atoms with Gasteiger partial charge in [-0.2, -0.15) is 0 Å². The van der Waals surface area contributed by atoms with Crippen molar-refractivity contribution in [2.45, 2.75) is 121 Å². The molecule has 0 bridgehead atoms. The number of fused-ring (bicyclic) bond motifs is 2. The Morgan fingerprint density at radius 2 is 1.54 bits per heavy atom. The Morgan fingerprint density at radius 3 is 2.10 bits per heavy atom. The zero-order chi connectivity index (χ0) is 35.1. The van der Waals surface area contributed by atoms with Crippen LogP contribution in [0.3, 0.4) is 0 Å². The van der Waals surface area contributed by atoms with Crippen LogP contribution in [-0.2, 0) is 30.3 Å². The average Bonchev–Trinajstić information content (AvgIpc) is 2.93. The van der Waals surface area contributed by atoms with Crippen molar-refractivity contribution in [2.24, 2.45) is 22.7 Å². The second kappa shape index (κ2) is 15.0. The molecule has 4 aromatic rings. The maximum absolute atomic E-state index is 11.0. The summed E-state index contributed by atoms with van der Waals surface area (Å²) in [5.74, 6) is 0.686. The number of carbonyl (C=O) groups excluding carboxylic acids is 1. The number of nitrogens with zero attached hydrogens (tertiary/aromatic N) is 1. The maximum atomic E-state index is 11.0. The van der Waals surface area contributed by atoms with Gasteiger partial charge in [-0.25, -0.2) is 0 Å². The van der Waals surface area contributed by atoms with Gasteiger partial charge in [0.2, 0.25) is 0 Å². The molecule has 0 aliphatic heterocycles. The number of carbonyl (C=O) groups is 1. The van der Waals surface area contributed by atoms with Crippen molar-refractivity contribution in [2.75, 3.05) is 0 Å². The minimum absolute atomic E-state index is 0. The number of allylic oxidation sites excluding steroid dienone is 2. The number of rotatable bonds is 5. The standard InChI is InChI=1S/C35H42N.C9H16O2.Ir/c1-22-14-23(2)32-28(26-19-34(6,7)21-35(8,9)20-26)18-30(36-31(32)15-22)25-16-24-12-10-11-13-27(24)29(17-25)33(3,4)5;1-6(2)8(10)5-9(11)7(3)4;/h10-15,17-18,26H,19-21H2,1-9H3;5-7,10H,1-4H3;/q-1;;/b;8-5-;. The van der Waals surface area contributed by atoms with Crippen LogP contribution in [0.1, 0.15) is 124 Å². The van der Waals surface area contributed by atoms with E-state index in [0.717, 1.165) is 16.8 Å². The van der Waals surface area contributed by atoms with Crippen LogP contribution in [0.25, 0.3) is 32.9 Å². The summed E-state index contributed by atoms with van der Waals surface area (Å²) >= 11 is 0. The van der Waals surface area contributed by atoms with Gasteiger partial charge < -0.3 is 5.11 Å². The van der Waals surface area contributed by atoms with E-state index in [2.05, 4.69) is 117 Å². The Balaban J connectivity index is 0.000000450. The number of aliphatic hydroxyl groups excluding tert-OH is 1. The smallest absolute Gasteiger partial charge is 0.161 e. The molecule has 3 aromatic carbocycles. The quantitative estimate of drug-likeness (QED) is 0.124. The van der Waals surface area contributed by atoms with Crippen molar-refractivity contribution in [3.63, 3.8) is 0 Å². The van der Waals surface area contributed by atoms with E-state index in [1.54, 1.807) is 0 Å². The van der Waals surface area contributed by atoms with E-state index in [1.165, 1.54) is 63.8 Å². The molecule has 1 aliphatic rings. The number of ketones is 1. The Labute approximate surface area is 304 Å². The van der Waals surface area contributed by atoms with E-state index in [0.29, 0.717) is 16.7 Å². The van der Waals surface area contributed by atoms with Gasteiger partial charge in [-0.1, -0.05) is 117 Å². The number of hydrogen-bond donors (Lipinski definition) is 1. The fourth-order valence-corrected chi connectivity index (χ4v) is 7.78. The Morgan fingerprint density at radius 1 is 0.938 bits per heavy atom. The third kappa shape index (κ3) is 9.45. The molecule has 1 heterocycles. The summed E-state index contributed by atoms with van der Waals surface area (Å²) in [6, 6.07) is 21.8. The zero-order valence-electron chi connectivity index (χ0n) is 31.7. The summed E-state index contributed by atoms with van der Waals surface area (Å²) in [5, 5.41) is 13.0. The fraction of sp³-hybridized carbons (Fsp3) is 0.500. The van der Waals surface area contributed by atoms with E-state index in [9.17, 15) is 9.90 Å².